The molecule has 1 rings (SSSR count). The van der Waals surface area contributed by atoms with Gasteiger partial charge in [0.15, 0.2) is 0 Å². The van der Waals surface area contributed by atoms with Crippen molar-refractivity contribution in [2.24, 2.45) is 5.41 Å². The van der Waals surface area contributed by atoms with Crippen LogP contribution in [0.25, 0.3) is 0 Å². The molecule has 0 atom stereocenters. The molecule has 0 bridgehead atoms. The third-order valence-electron chi connectivity index (χ3n) is 2.95. The van der Waals surface area contributed by atoms with Crippen LogP contribution >= 0.6 is 15.9 Å². The van der Waals surface area contributed by atoms with E-state index in [9.17, 15) is 12.8 Å². The molecule has 1 aromatic carbocycles. The van der Waals surface area contributed by atoms with Crippen molar-refractivity contribution in [2.45, 2.75) is 31.6 Å². The van der Waals surface area contributed by atoms with Gasteiger partial charge in [0.05, 0.1) is 9.37 Å². The lowest BCUT2D eigenvalue weighted by atomic mass is 9.88. The summed E-state index contributed by atoms with van der Waals surface area (Å²) >= 11 is 2.98. The maximum atomic E-state index is 13.4. The Hall–Kier alpha value is -0.500. The quantitative estimate of drug-likeness (QED) is 0.778. The summed E-state index contributed by atoms with van der Waals surface area (Å²) < 4.78 is 40.2. The van der Waals surface area contributed by atoms with E-state index in [1.807, 2.05) is 13.8 Å². The summed E-state index contributed by atoms with van der Waals surface area (Å²) in [5, 5.41) is 8.81. The van der Waals surface area contributed by atoms with Gasteiger partial charge in [-0.3, -0.25) is 0 Å². The molecule has 0 unspecified atom stereocenters. The Balaban J connectivity index is 2.77. The molecule has 0 fully saturated rings. The zero-order valence-electron chi connectivity index (χ0n) is 11.5. The minimum atomic E-state index is -3.73. The Morgan fingerprint density at radius 3 is 2.60 bits per heavy atom. The molecule has 0 aromatic heterocycles. The maximum Gasteiger partial charge on any atom is 0.240 e. The van der Waals surface area contributed by atoms with Crippen molar-refractivity contribution in [3.05, 3.63) is 28.5 Å². The van der Waals surface area contributed by atoms with E-state index in [1.54, 1.807) is 0 Å². The summed E-state index contributed by atoms with van der Waals surface area (Å²) in [7, 11) is -3.73. The van der Waals surface area contributed by atoms with Crippen LogP contribution in [0.5, 0.6) is 0 Å². The van der Waals surface area contributed by atoms with Gasteiger partial charge >= 0.3 is 0 Å². The summed E-state index contributed by atoms with van der Waals surface area (Å²) in [6.45, 7) is 4.13. The van der Waals surface area contributed by atoms with Crippen molar-refractivity contribution in [1.29, 1.82) is 0 Å². The highest BCUT2D eigenvalue weighted by Crippen LogP contribution is 2.23. The normalized spacial score (nSPS) is 12.7. The second kappa shape index (κ2) is 6.98. The van der Waals surface area contributed by atoms with Gasteiger partial charge in [-0.15, -0.1) is 0 Å². The van der Waals surface area contributed by atoms with Crippen LogP contribution in [0.2, 0.25) is 0 Å². The molecule has 4 nitrogen and oxygen atoms in total. The van der Waals surface area contributed by atoms with Gasteiger partial charge in [-0.05, 0) is 52.4 Å². The number of nitrogens with one attached hydrogen (secondary N) is 1. The predicted octanol–water partition coefficient (Wildman–Crippen LogP) is 2.67. The second-order valence-electron chi connectivity index (χ2n) is 5.39. The molecule has 114 valence electrons. The third-order valence-corrected chi connectivity index (χ3v) is 5.00. The van der Waals surface area contributed by atoms with Gasteiger partial charge < -0.3 is 5.11 Å². The van der Waals surface area contributed by atoms with Crippen molar-refractivity contribution in [1.82, 2.24) is 4.72 Å². The van der Waals surface area contributed by atoms with Crippen LogP contribution in [0.15, 0.2) is 27.6 Å². The number of benzene rings is 1. The van der Waals surface area contributed by atoms with E-state index < -0.39 is 15.8 Å². The van der Waals surface area contributed by atoms with Crippen LogP contribution in [0.3, 0.4) is 0 Å². The van der Waals surface area contributed by atoms with Crippen molar-refractivity contribution in [3.8, 4) is 0 Å². The molecule has 20 heavy (non-hydrogen) atoms. The van der Waals surface area contributed by atoms with Crippen molar-refractivity contribution < 1.29 is 17.9 Å². The molecule has 0 aliphatic rings. The highest BCUT2D eigenvalue weighted by Gasteiger charge is 2.22. The van der Waals surface area contributed by atoms with Crippen molar-refractivity contribution in [2.75, 3.05) is 13.2 Å². The van der Waals surface area contributed by atoms with Gasteiger partial charge in [0.25, 0.3) is 0 Å². The summed E-state index contributed by atoms with van der Waals surface area (Å²) in [6, 6.07) is 3.68. The van der Waals surface area contributed by atoms with Gasteiger partial charge in [0, 0.05) is 13.2 Å². The zero-order chi connectivity index (χ0) is 15.4. The van der Waals surface area contributed by atoms with Crippen LogP contribution < -0.4 is 4.72 Å². The standard InChI is InChI=1S/C13H19BrFNO3S/c1-13(2,6-3-7-17)9-16-20(18,19)10-4-5-11(14)12(15)8-10/h4-5,8,16-17H,3,6-7,9H2,1-2H3. The number of hydrogen-bond acceptors (Lipinski definition) is 3. The fourth-order valence-electron chi connectivity index (χ4n) is 1.66. The first-order valence-corrected chi connectivity index (χ1v) is 8.51. The lowest BCUT2D eigenvalue weighted by molar-refractivity contribution is 0.242. The minimum Gasteiger partial charge on any atom is -0.396 e. The Morgan fingerprint density at radius 2 is 2.05 bits per heavy atom. The third kappa shape index (κ3) is 5.12. The van der Waals surface area contributed by atoms with Gasteiger partial charge in [0.2, 0.25) is 10.0 Å². The van der Waals surface area contributed by atoms with E-state index in [2.05, 4.69) is 20.7 Å². The molecule has 0 heterocycles. The number of sulfonamides is 1. The Kier molecular flexibility index (Phi) is 6.12. The van der Waals surface area contributed by atoms with Crippen molar-refractivity contribution >= 4 is 26.0 Å². The lowest BCUT2D eigenvalue weighted by Crippen LogP contribution is -2.34. The SMILES string of the molecule is CC(C)(CCCO)CNS(=O)(=O)c1ccc(Br)c(F)c1. The molecular weight excluding hydrogens is 349 g/mol. The first kappa shape index (κ1) is 17.6. The number of aliphatic hydroxyl groups is 1. The van der Waals surface area contributed by atoms with Gasteiger partial charge in [0.1, 0.15) is 5.82 Å². The number of rotatable bonds is 7. The monoisotopic (exact) mass is 367 g/mol. The summed E-state index contributed by atoms with van der Waals surface area (Å²) in [6.07, 6.45) is 1.31. The maximum absolute atomic E-state index is 13.4. The number of aliphatic hydroxyl groups excluding tert-OH is 1. The van der Waals surface area contributed by atoms with Gasteiger partial charge in [-0.25, -0.2) is 17.5 Å². The van der Waals surface area contributed by atoms with E-state index in [0.717, 1.165) is 6.07 Å². The molecule has 1 aromatic rings. The first-order chi connectivity index (χ1) is 9.18. The first-order valence-electron chi connectivity index (χ1n) is 6.23. The van der Waals surface area contributed by atoms with E-state index in [4.69, 9.17) is 5.11 Å². The average Bonchev–Trinajstić information content (AvgIpc) is 2.37. The molecule has 7 heteroatoms. The van der Waals surface area contributed by atoms with Crippen LogP contribution in [-0.2, 0) is 10.0 Å². The summed E-state index contributed by atoms with van der Waals surface area (Å²) in [4.78, 5) is -0.101. The Bertz CT molecular complexity index is 561. The average molecular weight is 368 g/mol. The van der Waals surface area contributed by atoms with Crippen molar-refractivity contribution in [3.63, 3.8) is 0 Å². The Labute approximate surface area is 127 Å². The molecule has 0 saturated heterocycles. The smallest absolute Gasteiger partial charge is 0.240 e. The van der Waals surface area contributed by atoms with Gasteiger partial charge in [-0.2, -0.15) is 0 Å². The van der Waals surface area contributed by atoms with Crippen LogP contribution in [0, 0.1) is 11.2 Å². The van der Waals surface area contributed by atoms with E-state index in [0.29, 0.717) is 12.8 Å². The van der Waals surface area contributed by atoms with Crippen LogP contribution in [-0.4, -0.2) is 26.7 Å². The molecule has 0 radical (unpaired) electrons. The van der Waals surface area contributed by atoms with E-state index in [-0.39, 0.29) is 27.9 Å². The fourth-order valence-corrected chi connectivity index (χ4v) is 3.16. The van der Waals surface area contributed by atoms with E-state index in [1.165, 1.54) is 12.1 Å². The molecule has 0 saturated carbocycles. The molecule has 0 aliphatic heterocycles. The number of halogens is 2. The molecule has 0 amide bonds. The zero-order valence-corrected chi connectivity index (χ0v) is 13.9. The highest BCUT2D eigenvalue weighted by atomic mass is 79.9. The topological polar surface area (TPSA) is 66.4 Å². The molecule has 2 N–H and O–H groups in total. The Morgan fingerprint density at radius 1 is 1.40 bits per heavy atom. The molecule has 0 aliphatic carbocycles. The largest absolute Gasteiger partial charge is 0.396 e. The summed E-state index contributed by atoms with van der Waals surface area (Å²) in [5.74, 6) is -0.618. The minimum absolute atomic E-state index is 0.0775. The predicted molar refractivity (Wildman–Crippen MR) is 79.4 cm³/mol. The molecular formula is C13H19BrFNO3S. The van der Waals surface area contributed by atoms with Gasteiger partial charge in [-0.1, -0.05) is 13.8 Å². The fraction of sp³-hybridized carbons (Fsp3) is 0.538. The van der Waals surface area contributed by atoms with Crippen LogP contribution in [0.1, 0.15) is 26.7 Å². The molecule has 0 spiro atoms. The van der Waals surface area contributed by atoms with E-state index >= 15 is 0 Å². The summed E-state index contributed by atoms with van der Waals surface area (Å²) in [5.41, 5.74) is -0.274. The second-order valence-corrected chi connectivity index (χ2v) is 8.01. The lowest BCUT2D eigenvalue weighted by Gasteiger charge is -2.24. The van der Waals surface area contributed by atoms with Crippen LogP contribution in [0.4, 0.5) is 4.39 Å². The number of hydrogen-bond donors (Lipinski definition) is 2. The highest BCUT2D eigenvalue weighted by molar-refractivity contribution is 9.10.